The molecule has 3 nitrogen and oxygen atoms in total. The smallest absolute Gasteiger partial charge is 0.236 e. The van der Waals surface area contributed by atoms with E-state index >= 15 is 0 Å². The Bertz CT molecular complexity index is 205. The molecular weight excluding hydrogens is 164 g/mol. The Morgan fingerprint density at radius 2 is 2.31 bits per heavy atom. The summed E-state index contributed by atoms with van der Waals surface area (Å²) in [6.45, 7) is 4.71. The maximum Gasteiger partial charge on any atom is 0.236 e. The number of carbonyl (C=O) groups is 1. The molecule has 1 saturated heterocycles. The van der Waals surface area contributed by atoms with Gasteiger partial charge in [-0.25, -0.2) is 0 Å². The average molecular weight is 182 g/mol. The van der Waals surface area contributed by atoms with Crippen LogP contribution in [0.2, 0.25) is 0 Å². The molecule has 0 aromatic rings. The van der Waals surface area contributed by atoms with Crippen molar-refractivity contribution in [1.82, 2.24) is 10.2 Å². The van der Waals surface area contributed by atoms with E-state index in [9.17, 15) is 4.79 Å². The van der Waals surface area contributed by atoms with E-state index < -0.39 is 0 Å². The maximum absolute atomic E-state index is 11.6. The standard InChI is InChI=1S/C10H18N2O/c1-8-2-3-9(6-8)12-5-4-11-7-10(12)13/h8-9,11H,2-7H2,1H3. The minimum absolute atomic E-state index is 0.297. The fraction of sp³-hybridized carbons (Fsp3) is 0.900. The van der Waals surface area contributed by atoms with E-state index in [0.717, 1.165) is 19.0 Å². The Balaban J connectivity index is 1.95. The normalized spacial score (nSPS) is 35.5. The summed E-state index contributed by atoms with van der Waals surface area (Å²) in [5.74, 6) is 1.11. The van der Waals surface area contributed by atoms with Gasteiger partial charge in [-0.1, -0.05) is 6.92 Å². The highest BCUT2D eigenvalue weighted by molar-refractivity contribution is 5.79. The summed E-state index contributed by atoms with van der Waals surface area (Å²) in [7, 11) is 0. The van der Waals surface area contributed by atoms with Gasteiger partial charge in [0, 0.05) is 19.1 Å². The van der Waals surface area contributed by atoms with Crippen LogP contribution < -0.4 is 5.32 Å². The van der Waals surface area contributed by atoms with E-state index in [1.165, 1.54) is 19.3 Å². The largest absolute Gasteiger partial charge is 0.337 e. The molecule has 1 amide bonds. The molecule has 13 heavy (non-hydrogen) atoms. The molecule has 1 N–H and O–H groups in total. The van der Waals surface area contributed by atoms with Crippen LogP contribution in [-0.4, -0.2) is 36.5 Å². The zero-order chi connectivity index (χ0) is 9.26. The van der Waals surface area contributed by atoms with Crippen LogP contribution in [0.1, 0.15) is 26.2 Å². The number of amides is 1. The van der Waals surface area contributed by atoms with Crippen LogP contribution in [0.3, 0.4) is 0 Å². The molecule has 1 heterocycles. The van der Waals surface area contributed by atoms with Crippen molar-refractivity contribution >= 4 is 5.91 Å². The number of carbonyl (C=O) groups excluding carboxylic acids is 1. The summed E-state index contributed by atoms with van der Waals surface area (Å²) >= 11 is 0. The van der Waals surface area contributed by atoms with Crippen molar-refractivity contribution in [3.63, 3.8) is 0 Å². The Morgan fingerprint density at radius 1 is 1.46 bits per heavy atom. The third-order valence-corrected chi connectivity index (χ3v) is 3.23. The predicted molar refractivity (Wildman–Crippen MR) is 51.4 cm³/mol. The Kier molecular flexibility index (Phi) is 2.54. The van der Waals surface area contributed by atoms with Gasteiger partial charge >= 0.3 is 0 Å². The first-order chi connectivity index (χ1) is 6.27. The van der Waals surface area contributed by atoms with Crippen LogP contribution in [0, 0.1) is 5.92 Å². The van der Waals surface area contributed by atoms with Gasteiger partial charge in [0.15, 0.2) is 0 Å². The van der Waals surface area contributed by atoms with E-state index in [4.69, 9.17) is 0 Å². The molecule has 1 aliphatic heterocycles. The second kappa shape index (κ2) is 3.66. The first-order valence-electron chi connectivity index (χ1n) is 5.27. The van der Waals surface area contributed by atoms with Crippen molar-refractivity contribution in [2.24, 2.45) is 5.92 Å². The van der Waals surface area contributed by atoms with Crippen LogP contribution in [-0.2, 0) is 4.79 Å². The molecule has 2 rings (SSSR count). The van der Waals surface area contributed by atoms with Crippen molar-refractivity contribution in [3.8, 4) is 0 Å². The third-order valence-electron chi connectivity index (χ3n) is 3.23. The number of hydrogen-bond acceptors (Lipinski definition) is 2. The van der Waals surface area contributed by atoms with Crippen LogP contribution in [0.15, 0.2) is 0 Å². The molecular formula is C10H18N2O. The van der Waals surface area contributed by atoms with Gasteiger partial charge in [0.2, 0.25) is 5.91 Å². The van der Waals surface area contributed by atoms with Crippen LogP contribution in [0.5, 0.6) is 0 Å². The van der Waals surface area contributed by atoms with E-state index in [1.807, 2.05) is 0 Å². The second-order valence-corrected chi connectivity index (χ2v) is 4.34. The lowest BCUT2D eigenvalue weighted by atomic mass is 10.1. The molecule has 1 aliphatic carbocycles. The minimum Gasteiger partial charge on any atom is -0.337 e. The van der Waals surface area contributed by atoms with Crippen molar-refractivity contribution < 1.29 is 4.79 Å². The Labute approximate surface area is 79.5 Å². The lowest BCUT2D eigenvalue weighted by molar-refractivity contribution is -0.134. The fourth-order valence-corrected chi connectivity index (χ4v) is 2.47. The molecule has 74 valence electrons. The summed E-state index contributed by atoms with van der Waals surface area (Å²) < 4.78 is 0. The van der Waals surface area contributed by atoms with E-state index in [2.05, 4.69) is 17.1 Å². The van der Waals surface area contributed by atoms with Crippen LogP contribution >= 0.6 is 0 Å². The summed E-state index contributed by atoms with van der Waals surface area (Å²) in [4.78, 5) is 13.6. The predicted octanol–water partition coefficient (Wildman–Crippen LogP) is 0.607. The molecule has 0 bridgehead atoms. The molecule has 0 radical (unpaired) electrons. The highest BCUT2D eigenvalue weighted by atomic mass is 16.2. The van der Waals surface area contributed by atoms with Crippen molar-refractivity contribution in [2.75, 3.05) is 19.6 Å². The fourth-order valence-electron chi connectivity index (χ4n) is 2.47. The zero-order valence-corrected chi connectivity index (χ0v) is 8.25. The van der Waals surface area contributed by atoms with Gasteiger partial charge in [0.05, 0.1) is 6.54 Å². The third kappa shape index (κ3) is 1.85. The van der Waals surface area contributed by atoms with E-state index in [1.54, 1.807) is 0 Å². The highest BCUT2D eigenvalue weighted by Gasteiger charge is 2.30. The van der Waals surface area contributed by atoms with Gasteiger partial charge in [0.1, 0.15) is 0 Å². The molecule has 2 atom stereocenters. The molecule has 0 spiro atoms. The number of hydrogen-bond donors (Lipinski definition) is 1. The molecule has 2 aliphatic rings. The topological polar surface area (TPSA) is 32.3 Å². The van der Waals surface area contributed by atoms with Crippen molar-refractivity contribution in [2.45, 2.75) is 32.2 Å². The molecule has 3 heteroatoms. The monoisotopic (exact) mass is 182 g/mol. The average Bonchev–Trinajstić information content (AvgIpc) is 2.53. The number of rotatable bonds is 1. The van der Waals surface area contributed by atoms with Gasteiger partial charge < -0.3 is 10.2 Å². The lowest BCUT2D eigenvalue weighted by Crippen LogP contribution is -2.51. The first-order valence-corrected chi connectivity index (χ1v) is 5.27. The molecule has 2 fully saturated rings. The van der Waals surface area contributed by atoms with Gasteiger partial charge in [-0.15, -0.1) is 0 Å². The van der Waals surface area contributed by atoms with Crippen LogP contribution in [0.25, 0.3) is 0 Å². The van der Waals surface area contributed by atoms with Gasteiger partial charge in [-0.3, -0.25) is 4.79 Å². The second-order valence-electron chi connectivity index (χ2n) is 4.34. The molecule has 1 saturated carbocycles. The quantitative estimate of drug-likeness (QED) is 0.644. The molecule has 0 aromatic heterocycles. The first kappa shape index (κ1) is 9.00. The van der Waals surface area contributed by atoms with E-state index in [-0.39, 0.29) is 0 Å². The van der Waals surface area contributed by atoms with Gasteiger partial charge in [0.25, 0.3) is 0 Å². The van der Waals surface area contributed by atoms with Gasteiger partial charge in [-0.05, 0) is 25.2 Å². The molecule has 0 aromatic carbocycles. The Morgan fingerprint density at radius 3 is 2.92 bits per heavy atom. The van der Waals surface area contributed by atoms with Crippen LogP contribution in [0.4, 0.5) is 0 Å². The number of piperazine rings is 1. The minimum atomic E-state index is 0.297. The maximum atomic E-state index is 11.6. The van der Waals surface area contributed by atoms with E-state index in [0.29, 0.717) is 18.5 Å². The van der Waals surface area contributed by atoms with Crippen molar-refractivity contribution in [1.29, 1.82) is 0 Å². The van der Waals surface area contributed by atoms with Gasteiger partial charge in [-0.2, -0.15) is 0 Å². The zero-order valence-electron chi connectivity index (χ0n) is 8.25. The summed E-state index contributed by atoms with van der Waals surface area (Å²) in [5.41, 5.74) is 0. The SMILES string of the molecule is CC1CCC(N2CCNCC2=O)C1. The lowest BCUT2D eigenvalue weighted by Gasteiger charge is -2.32. The summed E-state index contributed by atoms with van der Waals surface area (Å²) in [6.07, 6.45) is 3.72. The highest BCUT2D eigenvalue weighted by Crippen LogP contribution is 2.28. The summed E-state index contributed by atoms with van der Waals surface area (Å²) in [6, 6.07) is 0.546. The summed E-state index contributed by atoms with van der Waals surface area (Å²) in [5, 5.41) is 3.11. The van der Waals surface area contributed by atoms with Crippen molar-refractivity contribution in [3.05, 3.63) is 0 Å². The number of nitrogens with one attached hydrogen (secondary N) is 1. The molecule has 2 unspecified atom stereocenters. The number of nitrogens with zero attached hydrogens (tertiary/aromatic N) is 1. The Hall–Kier alpha value is -0.570.